The van der Waals surface area contributed by atoms with Crippen LogP contribution >= 0.6 is 7.82 Å². The number of benzene rings is 2. The van der Waals surface area contributed by atoms with Crippen LogP contribution < -0.4 is 15.0 Å². The summed E-state index contributed by atoms with van der Waals surface area (Å²) < 4.78 is 28.1. The monoisotopic (exact) mass is 493 g/mol. The minimum absolute atomic E-state index is 0.215. The molecule has 178 valence electrons. The SMILES string of the molecule is N#Cc1ccc(COc2ccc(Cc3cc(-c4ccc[n+](COP(=O)(O)O)c4N)on3)cc2)cc1. The van der Waals surface area contributed by atoms with Gasteiger partial charge in [-0.25, -0.2) is 13.7 Å². The number of nitrogens with zero attached hydrogens (tertiary/aromatic N) is 3. The van der Waals surface area contributed by atoms with E-state index in [2.05, 4.69) is 15.7 Å². The lowest BCUT2D eigenvalue weighted by molar-refractivity contribution is -0.711. The van der Waals surface area contributed by atoms with E-state index in [0.29, 0.717) is 35.6 Å². The molecular weight excluding hydrogens is 471 g/mol. The lowest BCUT2D eigenvalue weighted by atomic mass is 10.1. The minimum atomic E-state index is -4.63. The van der Waals surface area contributed by atoms with Crippen LogP contribution in [-0.4, -0.2) is 14.9 Å². The summed E-state index contributed by atoms with van der Waals surface area (Å²) in [5.74, 6) is 1.36. The Morgan fingerprint density at radius 1 is 1.09 bits per heavy atom. The predicted molar refractivity (Wildman–Crippen MR) is 124 cm³/mol. The first-order valence-corrected chi connectivity index (χ1v) is 12.0. The number of ether oxygens (including phenoxy) is 1. The van der Waals surface area contributed by atoms with Crippen LogP contribution in [-0.2, 0) is 28.8 Å². The molecule has 0 aliphatic carbocycles. The van der Waals surface area contributed by atoms with Crippen molar-refractivity contribution in [3.63, 3.8) is 0 Å². The third kappa shape index (κ3) is 6.53. The van der Waals surface area contributed by atoms with Gasteiger partial charge in [0.05, 0.1) is 23.5 Å². The number of nitrogen functional groups attached to an aromatic ring is 1. The van der Waals surface area contributed by atoms with Crippen molar-refractivity contribution in [3.05, 3.63) is 95.3 Å². The van der Waals surface area contributed by atoms with E-state index in [1.807, 2.05) is 36.4 Å². The Balaban J connectivity index is 1.38. The Kier molecular flexibility index (Phi) is 7.25. The first kappa shape index (κ1) is 24.1. The summed E-state index contributed by atoms with van der Waals surface area (Å²) in [5.41, 5.74) is 9.91. The van der Waals surface area contributed by atoms with E-state index in [1.165, 1.54) is 10.8 Å². The molecule has 35 heavy (non-hydrogen) atoms. The highest BCUT2D eigenvalue weighted by Crippen LogP contribution is 2.35. The molecule has 2 aromatic carbocycles. The summed E-state index contributed by atoms with van der Waals surface area (Å²) in [5, 5.41) is 13.0. The van der Waals surface area contributed by atoms with E-state index in [1.54, 1.807) is 30.3 Å². The van der Waals surface area contributed by atoms with Crippen molar-refractivity contribution < 1.29 is 32.7 Å². The van der Waals surface area contributed by atoms with E-state index in [4.69, 9.17) is 30.0 Å². The number of aromatic nitrogens is 2. The van der Waals surface area contributed by atoms with Crippen LogP contribution in [0.3, 0.4) is 0 Å². The smallest absolute Gasteiger partial charge is 0.472 e. The van der Waals surface area contributed by atoms with Crippen molar-refractivity contribution in [2.75, 3.05) is 5.73 Å². The maximum atomic E-state index is 11.0. The van der Waals surface area contributed by atoms with Crippen molar-refractivity contribution in [2.45, 2.75) is 19.8 Å². The molecule has 2 aromatic heterocycles. The number of phosphoric acid groups is 1. The molecule has 0 bridgehead atoms. The van der Waals surface area contributed by atoms with Crippen molar-refractivity contribution in [1.82, 2.24) is 5.16 Å². The third-order valence-electron chi connectivity index (χ3n) is 5.10. The van der Waals surface area contributed by atoms with Crippen LogP contribution in [0.2, 0.25) is 0 Å². The summed E-state index contributed by atoms with van der Waals surface area (Å²) in [4.78, 5) is 17.8. The van der Waals surface area contributed by atoms with E-state index in [-0.39, 0.29) is 5.82 Å². The number of nitriles is 1. The summed E-state index contributed by atoms with van der Waals surface area (Å²) in [6.45, 7) is -0.0139. The minimum Gasteiger partial charge on any atom is -0.489 e. The number of hydrogen-bond acceptors (Lipinski definition) is 7. The van der Waals surface area contributed by atoms with Crippen LogP contribution in [0, 0.1) is 11.3 Å². The molecule has 0 radical (unpaired) electrons. The zero-order valence-electron chi connectivity index (χ0n) is 18.4. The molecule has 0 amide bonds. The summed E-state index contributed by atoms with van der Waals surface area (Å²) in [7, 11) is -4.63. The Bertz CT molecular complexity index is 1390. The van der Waals surface area contributed by atoms with Gasteiger partial charge in [0.25, 0.3) is 5.82 Å². The Hall–Kier alpha value is -4.00. The average molecular weight is 493 g/mol. The number of phosphoric ester groups is 1. The summed E-state index contributed by atoms with van der Waals surface area (Å²) in [6, 6.07) is 22.1. The van der Waals surface area contributed by atoms with Crippen LogP contribution in [0.1, 0.15) is 22.4 Å². The molecule has 0 aliphatic heterocycles. The summed E-state index contributed by atoms with van der Waals surface area (Å²) in [6.07, 6.45) is 2.06. The second kappa shape index (κ2) is 10.5. The van der Waals surface area contributed by atoms with Crippen LogP contribution in [0.15, 0.2) is 77.4 Å². The number of rotatable bonds is 9. The van der Waals surface area contributed by atoms with Crippen molar-refractivity contribution in [2.24, 2.45) is 0 Å². The standard InChI is InChI=1S/C24H21N4O6P/c25-14-18-3-5-19(6-4-18)15-32-21-9-7-17(8-10-21)12-20-13-23(34-27-20)22-2-1-11-28(24(22)26)16-33-35(29,30)31/h1-11,13,26H,12,15-16H2,(H2,29,30,31)/p+1. The molecular formula is C24H22N4O6P+. The van der Waals surface area contributed by atoms with E-state index in [9.17, 15) is 4.57 Å². The molecule has 0 fully saturated rings. The molecule has 4 N–H and O–H groups in total. The van der Waals surface area contributed by atoms with Crippen LogP contribution in [0.25, 0.3) is 11.3 Å². The molecule has 0 aliphatic rings. The zero-order chi connectivity index (χ0) is 24.8. The first-order valence-electron chi connectivity index (χ1n) is 10.5. The van der Waals surface area contributed by atoms with Crippen molar-refractivity contribution in [3.8, 4) is 23.1 Å². The van der Waals surface area contributed by atoms with Crippen molar-refractivity contribution >= 4 is 13.6 Å². The Labute approximate surface area is 201 Å². The largest absolute Gasteiger partial charge is 0.489 e. The predicted octanol–water partition coefficient (Wildman–Crippen LogP) is 3.32. The molecule has 0 atom stereocenters. The molecule has 11 heteroatoms. The lowest BCUT2D eigenvalue weighted by Gasteiger charge is -2.07. The van der Waals surface area contributed by atoms with E-state index < -0.39 is 14.6 Å². The van der Waals surface area contributed by atoms with Crippen molar-refractivity contribution in [1.29, 1.82) is 5.26 Å². The molecule has 0 spiro atoms. The quantitative estimate of drug-likeness (QED) is 0.235. The highest BCUT2D eigenvalue weighted by Gasteiger charge is 2.20. The number of pyridine rings is 1. The van der Waals surface area contributed by atoms with Gasteiger partial charge in [0.2, 0.25) is 6.73 Å². The molecule has 4 rings (SSSR count). The van der Waals surface area contributed by atoms with Gasteiger partial charge in [-0.2, -0.15) is 5.26 Å². The zero-order valence-corrected chi connectivity index (χ0v) is 19.3. The van der Waals surface area contributed by atoms with Gasteiger partial charge < -0.3 is 19.0 Å². The number of nitrogens with two attached hydrogens (primary N) is 1. The first-order chi connectivity index (χ1) is 16.8. The fraction of sp³-hybridized carbons (Fsp3) is 0.125. The van der Waals surface area contributed by atoms with Gasteiger partial charge in [-0.15, -0.1) is 0 Å². The van der Waals surface area contributed by atoms with Gasteiger partial charge in [0.15, 0.2) is 5.76 Å². The number of hydrogen-bond donors (Lipinski definition) is 3. The Morgan fingerprint density at radius 2 is 1.80 bits per heavy atom. The maximum Gasteiger partial charge on any atom is 0.472 e. The molecule has 0 saturated heterocycles. The highest BCUT2D eigenvalue weighted by molar-refractivity contribution is 7.46. The summed E-state index contributed by atoms with van der Waals surface area (Å²) >= 11 is 0. The Morgan fingerprint density at radius 3 is 2.49 bits per heavy atom. The molecule has 4 aromatic rings. The second-order valence-corrected chi connectivity index (χ2v) is 8.87. The van der Waals surface area contributed by atoms with Gasteiger partial charge in [0.1, 0.15) is 17.9 Å². The van der Waals surface area contributed by atoms with Gasteiger partial charge in [0, 0.05) is 12.5 Å². The molecule has 0 saturated carbocycles. The average Bonchev–Trinajstić information content (AvgIpc) is 3.31. The highest BCUT2D eigenvalue weighted by atomic mass is 31.2. The molecule has 2 heterocycles. The molecule has 0 unspecified atom stereocenters. The topological polar surface area (TPSA) is 156 Å². The fourth-order valence-corrected chi connectivity index (χ4v) is 3.57. The van der Waals surface area contributed by atoms with Gasteiger partial charge in [-0.3, -0.25) is 5.73 Å². The maximum absolute atomic E-state index is 11.0. The van der Waals surface area contributed by atoms with Crippen LogP contribution in [0.5, 0.6) is 5.75 Å². The normalized spacial score (nSPS) is 11.2. The fourth-order valence-electron chi connectivity index (χ4n) is 3.30. The molecule has 10 nitrogen and oxygen atoms in total. The van der Waals surface area contributed by atoms with Crippen LogP contribution in [0.4, 0.5) is 5.82 Å². The van der Waals surface area contributed by atoms with Gasteiger partial charge >= 0.3 is 7.82 Å². The third-order valence-corrected chi connectivity index (χ3v) is 5.55. The lowest BCUT2D eigenvalue weighted by Crippen LogP contribution is -2.38. The van der Waals surface area contributed by atoms with E-state index in [0.717, 1.165) is 16.9 Å². The number of anilines is 1. The second-order valence-electron chi connectivity index (χ2n) is 7.63. The van der Waals surface area contributed by atoms with Gasteiger partial charge in [-0.05, 0) is 47.5 Å². The van der Waals surface area contributed by atoms with Gasteiger partial charge in [-0.1, -0.05) is 29.4 Å². The van der Waals surface area contributed by atoms with E-state index >= 15 is 0 Å².